The predicted molar refractivity (Wildman–Crippen MR) is 89.1 cm³/mol. The summed E-state index contributed by atoms with van der Waals surface area (Å²) in [5.41, 5.74) is 6.88. The maximum absolute atomic E-state index is 11.9. The van der Waals surface area contributed by atoms with Crippen molar-refractivity contribution in [1.82, 2.24) is 10.2 Å². The number of morpholine rings is 1. The Morgan fingerprint density at radius 3 is 2.42 bits per heavy atom. The van der Waals surface area contributed by atoms with Crippen LogP contribution >= 0.6 is 0 Å². The quantitative estimate of drug-likeness (QED) is 0.878. The minimum absolute atomic E-state index is 0.464. The Morgan fingerprint density at radius 2 is 1.88 bits per heavy atom. The van der Waals surface area contributed by atoms with E-state index in [0.29, 0.717) is 18.9 Å². The summed E-state index contributed by atoms with van der Waals surface area (Å²) in [6.45, 7) is 2.93. The molecule has 0 bridgehead atoms. The highest BCUT2D eigenvalue weighted by Crippen LogP contribution is 2.25. The number of rotatable bonds is 5. The molecule has 0 spiro atoms. The Kier molecular flexibility index (Phi) is 4.90. The smallest absolute Gasteiger partial charge is 0.231 e. The molecule has 1 aromatic carbocycles. The molecule has 2 heterocycles. The zero-order valence-electron chi connectivity index (χ0n) is 13.5. The van der Waals surface area contributed by atoms with Gasteiger partial charge < -0.3 is 20.1 Å². The third-order valence-corrected chi connectivity index (χ3v) is 4.04. The van der Waals surface area contributed by atoms with E-state index >= 15 is 0 Å². The molecule has 1 amide bonds. The average molecular weight is 328 g/mol. The van der Waals surface area contributed by atoms with Crippen LogP contribution in [0.2, 0.25) is 0 Å². The molecule has 2 aromatic rings. The zero-order valence-corrected chi connectivity index (χ0v) is 13.5. The number of carbonyl (C=O) groups is 1. The summed E-state index contributed by atoms with van der Waals surface area (Å²) < 4.78 is 10.5. The third kappa shape index (κ3) is 3.46. The van der Waals surface area contributed by atoms with E-state index in [2.05, 4.69) is 15.1 Å². The molecule has 7 nitrogen and oxygen atoms in total. The van der Waals surface area contributed by atoms with Gasteiger partial charge in [-0.25, -0.2) is 0 Å². The van der Waals surface area contributed by atoms with Crippen molar-refractivity contribution < 1.29 is 14.3 Å². The van der Waals surface area contributed by atoms with Gasteiger partial charge in [0, 0.05) is 13.1 Å². The lowest BCUT2D eigenvalue weighted by Crippen LogP contribution is -2.37. The van der Waals surface area contributed by atoms with Crippen LogP contribution in [0.4, 0.5) is 5.82 Å². The van der Waals surface area contributed by atoms with Crippen LogP contribution in [0.3, 0.4) is 0 Å². The zero-order chi connectivity index (χ0) is 16.9. The van der Waals surface area contributed by atoms with Gasteiger partial charge in [-0.1, -0.05) is 12.1 Å². The van der Waals surface area contributed by atoms with Gasteiger partial charge in [0.25, 0.3) is 0 Å². The fourth-order valence-electron chi connectivity index (χ4n) is 2.73. The largest absolute Gasteiger partial charge is 0.497 e. The fourth-order valence-corrected chi connectivity index (χ4v) is 2.73. The van der Waals surface area contributed by atoms with Gasteiger partial charge in [-0.2, -0.15) is 5.10 Å². The van der Waals surface area contributed by atoms with E-state index in [0.717, 1.165) is 30.2 Å². The van der Waals surface area contributed by atoms with Crippen LogP contribution in [0.25, 0.3) is 0 Å². The number of amides is 1. The van der Waals surface area contributed by atoms with Crippen LogP contribution < -0.4 is 15.4 Å². The van der Waals surface area contributed by atoms with Crippen molar-refractivity contribution in [2.24, 2.45) is 5.73 Å². The molecular weight excluding hydrogens is 308 g/mol. The van der Waals surface area contributed by atoms with E-state index < -0.39 is 11.8 Å². The Hall–Kier alpha value is -2.67. The maximum atomic E-state index is 11.9. The SMILES string of the molecule is COc1ccc(C(C(N)=O)c2ccc(N3CCOCC3)nn2)cc1. The highest BCUT2D eigenvalue weighted by Gasteiger charge is 2.23. The van der Waals surface area contributed by atoms with E-state index in [-0.39, 0.29) is 0 Å². The van der Waals surface area contributed by atoms with E-state index in [1.807, 2.05) is 18.2 Å². The molecule has 126 valence electrons. The highest BCUT2D eigenvalue weighted by atomic mass is 16.5. The lowest BCUT2D eigenvalue weighted by atomic mass is 9.95. The molecule has 1 aliphatic rings. The number of carbonyl (C=O) groups excluding carboxylic acids is 1. The lowest BCUT2D eigenvalue weighted by molar-refractivity contribution is -0.118. The van der Waals surface area contributed by atoms with Gasteiger partial charge in [-0.3, -0.25) is 4.79 Å². The molecule has 1 fully saturated rings. The first kappa shape index (κ1) is 16.2. The van der Waals surface area contributed by atoms with E-state index in [1.54, 1.807) is 25.3 Å². The number of hydrogen-bond acceptors (Lipinski definition) is 6. The Bertz CT molecular complexity index is 682. The van der Waals surface area contributed by atoms with Crippen molar-refractivity contribution in [3.05, 3.63) is 47.7 Å². The second-order valence-electron chi connectivity index (χ2n) is 5.52. The number of methoxy groups -OCH3 is 1. The van der Waals surface area contributed by atoms with Crippen molar-refractivity contribution in [3.63, 3.8) is 0 Å². The number of benzene rings is 1. The predicted octanol–water partition coefficient (Wildman–Crippen LogP) is 0.939. The van der Waals surface area contributed by atoms with E-state index in [4.69, 9.17) is 15.2 Å². The summed E-state index contributed by atoms with van der Waals surface area (Å²) in [7, 11) is 1.59. The summed E-state index contributed by atoms with van der Waals surface area (Å²) in [6.07, 6.45) is 0. The summed E-state index contributed by atoms with van der Waals surface area (Å²) in [5.74, 6) is 0.395. The molecule has 1 saturated heterocycles. The molecule has 0 radical (unpaired) electrons. The van der Waals surface area contributed by atoms with Gasteiger partial charge in [0.1, 0.15) is 11.7 Å². The second-order valence-corrected chi connectivity index (χ2v) is 5.52. The average Bonchev–Trinajstić information content (AvgIpc) is 2.63. The van der Waals surface area contributed by atoms with Crippen molar-refractivity contribution in [3.8, 4) is 5.75 Å². The van der Waals surface area contributed by atoms with Crippen molar-refractivity contribution in [2.75, 3.05) is 38.3 Å². The Morgan fingerprint density at radius 1 is 1.17 bits per heavy atom. The van der Waals surface area contributed by atoms with Crippen LogP contribution in [-0.4, -0.2) is 49.5 Å². The summed E-state index contributed by atoms with van der Waals surface area (Å²) in [4.78, 5) is 14.0. The van der Waals surface area contributed by atoms with Crippen LogP contribution in [0.1, 0.15) is 17.2 Å². The molecule has 24 heavy (non-hydrogen) atoms. The lowest BCUT2D eigenvalue weighted by Gasteiger charge is -2.27. The molecule has 1 atom stereocenters. The van der Waals surface area contributed by atoms with Gasteiger partial charge >= 0.3 is 0 Å². The van der Waals surface area contributed by atoms with Gasteiger partial charge in [0.2, 0.25) is 5.91 Å². The van der Waals surface area contributed by atoms with E-state index in [9.17, 15) is 4.79 Å². The minimum atomic E-state index is -0.637. The first-order valence-electron chi connectivity index (χ1n) is 7.78. The van der Waals surface area contributed by atoms with Gasteiger partial charge in [0.05, 0.1) is 26.0 Å². The minimum Gasteiger partial charge on any atom is -0.497 e. The third-order valence-electron chi connectivity index (χ3n) is 4.04. The number of aromatic nitrogens is 2. The molecule has 7 heteroatoms. The molecule has 1 aliphatic heterocycles. The molecule has 0 aliphatic carbocycles. The normalized spacial score (nSPS) is 15.8. The number of anilines is 1. The fraction of sp³-hybridized carbons (Fsp3) is 0.353. The van der Waals surface area contributed by atoms with Gasteiger partial charge in [0.15, 0.2) is 5.82 Å². The van der Waals surface area contributed by atoms with Gasteiger partial charge in [-0.15, -0.1) is 5.10 Å². The first-order valence-corrected chi connectivity index (χ1v) is 7.78. The number of hydrogen-bond donors (Lipinski definition) is 1. The molecule has 0 saturated carbocycles. The molecule has 1 unspecified atom stereocenters. The molecule has 1 aromatic heterocycles. The van der Waals surface area contributed by atoms with Crippen LogP contribution in [-0.2, 0) is 9.53 Å². The number of nitrogens with zero attached hydrogens (tertiary/aromatic N) is 3. The second kappa shape index (κ2) is 7.27. The van der Waals surface area contributed by atoms with Crippen molar-refractivity contribution >= 4 is 11.7 Å². The first-order chi connectivity index (χ1) is 11.7. The van der Waals surface area contributed by atoms with Crippen LogP contribution in [0.5, 0.6) is 5.75 Å². The van der Waals surface area contributed by atoms with E-state index in [1.165, 1.54) is 0 Å². The summed E-state index contributed by atoms with van der Waals surface area (Å²) >= 11 is 0. The van der Waals surface area contributed by atoms with Crippen molar-refractivity contribution in [2.45, 2.75) is 5.92 Å². The standard InChI is InChI=1S/C17H20N4O3/c1-23-13-4-2-12(3-5-13)16(17(18)22)14-6-7-15(20-19-14)21-8-10-24-11-9-21/h2-7,16H,8-11H2,1H3,(H2,18,22). The Balaban J connectivity index is 1.84. The topological polar surface area (TPSA) is 90.6 Å². The number of ether oxygens (including phenoxy) is 2. The number of nitrogens with two attached hydrogens (primary N) is 1. The van der Waals surface area contributed by atoms with Gasteiger partial charge in [-0.05, 0) is 29.8 Å². The maximum Gasteiger partial charge on any atom is 0.231 e. The molecule has 2 N–H and O–H groups in total. The monoisotopic (exact) mass is 328 g/mol. The number of primary amides is 1. The summed E-state index contributed by atoms with van der Waals surface area (Å²) in [6, 6.07) is 10.9. The van der Waals surface area contributed by atoms with Crippen LogP contribution in [0.15, 0.2) is 36.4 Å². The van der Waals surface area contributed by atoms with Crippen LogP contribution in [0, 0.1) is 0 Å². The molecule has 3 rings (SSSR count). The summed E-state index contributed by atoms with van der Waals surface area (Å²) in [5, 5.41) is 8.48. The Labute approximate surface area is 140 Å². The highest BCUT2D eigenvalue weighted by molar-refractivity contribution is 5.85. The van der Waals surface area contributed by atoms with Crippen molar-refractivity contribution in [1.29, 1.82) is 0 Å². The molecular formula is C17H20N4O3.